The van der Waals surface area contributed by atoms with E-state index >= 15 is 0 Å². The standard InChI is InChI=1S/C13H18N2O2S/c1-3-9-18(16,17)15-13-7-6-11(2)12(10-13)5-4-8-14/h6-7,10,15H,3,8-9,14H2,1-2H3. The van der Waals surface area contributed by atoms with Crippen LogP contribution in [-0.2, 0) is 10.0 Å². The van der Waals surface area contributed by atoms with Crippen LogP contribution in [0.2, 0.25) is 0 Å². The van der Waals surface area contributed by atoms with Gasteiger partial charge in [0.05, 0.1) is 12.3 Å². The number of aryl methyl sites for hydroxylation is 1. The first-order valence-electron chi connectivity index (χ1n) is 5.78. The molecule has 98 valence electrons. The van der Waals surface area contributed by atoms with Crippen molar-refractivity contribution in [2.45, 2.75) is 20.3 Å². The lowest BCUT2D eigenvalue weighted by Gasteiger charge is -2.08. The molecule has 0 radical (unpaired) electrons. The molecule has 0 amide bonds. The topological polar surface area (TPSA) is 72.2 Å². The van der Waals surface area contributed by atoms with Crippen molar-refractivity contribution < 1.29 is 8.42 Å². The first-order chi connectivity index (χ1) is 8.48. The van der Waals surface area contributed by atoms with E-state index in [4.69, 9.17) is 5.73 Å². The van der Waals surface area contributed by atoms with Gasteiger partial charge in [-0.1, -0.05) is 24.8 Å². The van der Waals surface area contributed by atoms with Crippen LogP contribution < -0.4 is 10.5 Å². The first kappa shape index (κ1) is 14.6. The minimum absolute atomic E-state index is 0.116. The summed E-state index contributed by atoms with van der Waals surface area (Å²) in [6.07, 6.45) is 0.584. The maximum atomic E-state index is 11.6. The summed E-state index contributed by atoms with van der Waals surface area (Å²) in [6, 6.07) is 5.30. The van der Waals surface area contributed by atoms with Gasteiger partial charge in [-0.05, 0) is 31.0 Å². The summed E-state index contributed by atoms with van der Waals surface area (Å²) in [5.74, 6) is 5.80. The summed E-state index contributed by atoms with van der Waals surface area (Å²) >= 11 is 0. The SMILES string of the molecule is CCCS(=O)(=O)Nc1ccc(C)c(C#CCN)c1. The maximum absolute atomic E-state index is 11.6. The molecule has 0 aromatic heterocycles. The Kier molecular flexibility index (Phi) is 5.20. The molecular formula is C13H18N2O2S. The number of benzene rings is 1. The smallest absolute Gasteiger partial charge is 0.232 e. The van der Waals surface area contributed by atoms with Crippen LogP contribution in [0.15, 0.2) is 18.2 Å². The van der Waals surface area contributed by atoms with Crippen molar-refractivity contribution in [1.82, 2.24) is 0 Å². The molecule has 0 unspecified atom stereocenters. The fraction of sp³-hybridized carbons (Fsp3) is 0.385. The van der Waals surface area contributed by atoms with Crippen molar-refractivity contribution in [3.05, 3.63) is 29.3 Å². The third-order valence-corrected chi connectivity index (χ3v) is 3.80. The summed E-state index contributed by atoms with van der Waals surface area (Å²) in [4.78, 5) is 0. The van der Waals surface area contributed by atoms with Crippen molar-refractivity contribution in [1.29, 1.82) is 0 Å². The zero-order valence-electron chi connectivity index (χ0n) is 10.7. The Labute approximate surface area is 109 Å². The Morgan fingerprint density at radius 2 is 2.11 bits per heavy atom. The monoisotopic (exact) mass is 266 g/mol. The third-order valence-electron chi connectivity index (χ3n) is 2.31. The summed E-state index contributed by atoms with van der Waals surface area (Å²) in [6.45, 7) is 4.03. The fourth-order valence-electron chi connectivity index (χ4n) is 1.47. The van der Waals surface area contributed by atoms with E-state index in [0.717, 1.165) is 11.1 Å². The summed E-state index contributed by atoms with van der Waals surface area (Å²) in [5, 5.41) is 0. The maximum Gasteiger partial charge on any atom is 0.232 e. The van der Waals surface area contributed by atoms with Gasteiger partial charge < -0.3 is 5.73 Å². The number of nitrogens with two attached hydrogens (primary N) is 1. The molecule has 1 aromatic carbocycles. The van der Waals surface area contributed by atoms with Crippen LogP contribution in [0.25, 0.3) is 0 Å². The lowest BCUT2D eigenvalue weighted by Crippen LogP contribution is -2.16. The zero-order chi connectivity index (χ0) is 13.6. The fourth-order valence-corrected chi connectivity index (χ4v) is 2.59. The molecule has 0 saturated heterocycles. The van der Waals surface area contributed by atoms with Crippen LogP contribution >= 0.6 is 0 Å². The molecule has 1 aromatic rings. The van der Waals surface area contributed by atoms with Crippen molar-refractivity contribution in [2.24, 2.45) is 5.73 Å². The van der Waals surface area contributed by atoms with Gasteiger partial charge in [-0.2, -0.15) is 0 Å². The lowest BCUT2D eigenvalue weighted by atomic mass is 10.1. The number of sulfonamides is 1. The molecule has 1 rings (SSSR count). The molecule has 18 heavy (non-hydrogen) atoms. The van der Waals surface area contributed by atoms with Crippen molar-refractivity contribution in [2.75, 3.05) is 17.0 Å². The van der Waals surface area contributed by atoms with Gasteiger partial charge in [0.1, 0.15) is 0 Å². The van der Waals surface area contributed by atoms with E-state index in [0.29, 0.717) is 12.1 Å². The lowest BCUT2D eigenvalue weighted by molar-refractivity contribution is 0.600. The van der Waals surface area contributed by atoms with Crippen molar-refractivity contribution >= 4 is 15.7 Å². The number of anilines is 1. The van der Waals surface area contributed by atoms with E-state index in [1.54, 1.807) is 12.1 Å². The summed E-state index contributed by atoms with van der Waals surface area (Å²) in [7, 11) is -3.26. The van der Waals surface area contributed by atoms with Crippen LogP contribution in [0.4, 0.5) is 5.69 Å². The predicted molar refractivity (Wildman–Crippen MR) is 74.8 cm³/mol. The number of rotatable bonds is 4. The molecule has 0 aliphatic heterocycles. The average Bonchev–Trinajstić information content (AvgIpc) is 2.29. The van der Waals surface area contributed by atoms with Gasteiger partial charge in [-0.15, -0.1) is 0 Å². The highest BCUT2D eigenvalue weighted by molar-refractivity contribution is 7.92. The quantitative estimate of drug-likeness (QED) is 0.810. The Balaban J connectivity index is 2.99. The second kappa shape index (κ2) is 6.43. The molecule has 0 aliphatic rings. The summed E-state index contributed by atoms with van der Waals surface area (Å²) in [5.41, 5.74) is 7.64. The molecule has 4 nitrogen and oxygen atoms in total. The second-order valence-corrected chi connectivity index (χ2v) is 5.80. The molecule has 0 fully saturated rings. The molecule has 3 N–H and O–H groups in total. The van der Waals surface area contributed by atoms with E-state index in [2.05, 4.69) is 16.6 Å². The molecule has 0 atom stereocenters. The van der Waals surface area contributed by atoms with E-state index in [1.807, 2.05) is 19.9 Å². The molecule has 0 aliphatic carbocycles. The molecule has 0 heterocycles. The molecule has 0 bridgehead atoms. The van der Waals surface area contributed by atoms with Crippen molar-refractivity contribution in [3.63, 3.8) is 0 Å². The minimum Gasteiger partial charge on any atom is -0.320 e. The van der Waals surface area contributed by atoms with Gasteiger partial charge in [-0.25, -0.2) is 8.42 Å². The minimum atomic E-state index is -3.26. The molecule has 0 spiro atoms. The van der Waals surface area contributed by atoms with Gasteiger partial charge >= 0.3 is 0 Å². The van der Waals surface area contributed by atoms with Gasteiger partial charge in [0, 0.05) is 11.3 Å². The third kappa shape index (κ3) is 4.40. The Morgan fingerprint density at radius 3 is 2.72 bits per heavy atom. The Morgan fingerprint density at radius 1 is 1.39 bits per heavy atom. The van der Waals surface area contributed by atoms with E-state index < -0.39 is 10.0 Å². The second-order valence-electron chi connectivity index (χ2n) is 3.96. The van der Waals surface area contributed by atoms with Crippen LogP contribution in [-0.4, -0.2) is 20.7 Å². The first-order valence-corrected chi connectivity index (χ1v) is 7.44. The van der Waals surface area contributed by atoms with Gasteiger partial charge in [0.25, 0.3) is 0 Å². The molecule has 0 saturated carbocycles. The average molecular weight is 266 g/mol. The zero-order valence-corrected chi connectivity index (χ0v) is 11.5. The predicted octanol–water partition coefficient (Wildman–Crippen LogP) is 1.46. The van der Waals surface area contributed by atoms with Crippen LogP contribution in [0.1, 0.15) is 24.5 Å². The van der Waals surface area contributed by atoms with Gasteiger partial charge in [0.15, 0.2) is 0 Å². The van der Waals surface area contributed by atoms with E-state index in [-0.39, 0.29) is 12.3 Å². The Bertz CT molecular complexity index is 568. The Hall–Kier alpha value is -1.51. The molecular weight excluding hydrogens is 248 g/mol. The van der Waals surface area contributed by atoms with Crippen LogP contribution in [0.3, 0.4) is 0 Å². The number of hydrogen-bond donors (Lipinski definition) is 2. The summed E-state index contributed by atoms with van der Waals surface area (Å²) < 4.78 is 25.8. The van der Waals surface area contributed by atoms with Crippen LogP contribution in [0, 0.1) is 18.8 Å². The van der Waals surface area contributed by atoms with Gasteiger partial charge in [0.2, 0.25) is 10.0 Å². The molecule has 5 heteroatoms. The normalized spacial score (nSPS) is 10.6. The number of nitrogens with one attached hydrogen (secondary N) is 1. The highest BCUT2D eigenvalue weighted by Crippen LogP contribution is 2.16. The van der Waals surface area contributed by atoms with E-state index in [9.17, 15) is 8.42 Å². The largest absolute Gasteiger partial charge is 0.320 e. The highest BCUT2D eigenvalue weighted by Gasteiger charge is 2.09. The van der Waals surface area contributed by atoms with Crippen LogP contribution in [0.5, 0.6) is 0 Å². The van der Waals surface area contributed by atoms with E-state index in [1.165, 1.54) is 0 Å². The number of hydrogen-bond acceptors (Lipinski definition) is 3. The van der Waals surface area contributed by atoms with Gasteiger partial charge in [-0.3, -0.25) is 4.72 Å². The van der Waals surface area contributed by atoms with Crippen molar-refractivity contribution in [3.8, 4) is 11.8 Å². The highest BCUT2D eigenvalue weighted by atomic mass is 32.2.